The molecule has 0 aromatic carbocycles. The third-order valence-electron chi connectivity index (χ3n) is 2.65. The lowest BCUT2D eigenvalue weighted by molar-refractivity contribution is 0.565. The molecule has 2 N–H and O–H groups in total. The fraction of sp³-hybridized carbons (Fsp3) is 0.600. The summed E-state index contributed by atoms with van der Waals surface area (Å²) in [7, 11) is 2.06. The number of nitrogens with two attached hydrogens (primary N) is 1. The van der Waals surface area contributed by atoms with E-state index in [2.05, 4.69) is 29.9 Å². The molecule has 2 nitrogen and oxygen atoms in total. The summed E-state index contributed by atoms with van der Waals surface area (Å²) in [5.41, 5.74) is 7.33. The van der Waals surface area contributed by atoms with Gasteiger partial charge in [0.15, 0.2) is 0 Å². The summed E-state index contributed by atoms with van der Waals surface area (Å²) in [6.45, 7) is 0. The van der Waals surface area contributed by atoms with Crippen molar-refractivity contribution in [3.63, 3.8) is 0 Å². The number of halogens is 1. The Morgan fingerprint density at radius 1 is 1.62 bits per heavy atom. The van der Waals surface area contributed by atoms with Crippen molar-refractivity contribution < 1.29 is 0 Å². The maximum absolute atomic E-state index is 6.06. The molecule has 1 fully saturated rings. The van der Waals surface area contributed by atoms with Crippen LogP contribution in [0.2, 0.25) is 0 Å². The monoisotopic (exact) mass is 200 g/mol. The highest BCUT2D eigenvalue weighted by molar-refractivity contribution is 5.85. The Morgan fingerprint density at radius 3 is 2.77 bits per heavy atom. The molecule has 1 saturated carbocycles. The molecule has 0 spiro atoms. The largest absolute Gasteiger partial charge is 0.353 e. The molecule has 1 aromatic rings. The number of nitrogens with zero attached hydrogens (tertiary/aromatic N) is 1. The lowest BCUT2D eigenvalue weighted by Crippen LogP contribution is -2.14. The molecule has 0 amide bonds. The van der Waals surface area contributed by atoms with E-state index in [1.165, 1.54) is 18.5 Å². The second-order valence-electron chi connectivity index (χ2n) is 3.83. The van der Waals surface area contributed by atoms with Gasteiger partial charge in [-0.15, -0.1) is 12.4 Å². The molecule has 0 bridgehead atoms. The summed E-state index contributed by atoms with van der Waals surface area (Å²) in [5, 5.41) is 0. The van der Waals surface area contributed by atoms with E-state index < -0.39 is 0 Å². The van der Waals surface area contributed by atoms with Crippen molar-refractivity contribution in [2.24, 2.45) is 18.7 Å². The van der Waals surface area contributed by atoms with Gasteiger partial charge in [-0.05, 0) is 24.5 Å². The molecule has 2 rings (SSSR count). The van der Waals surface area contributed by atoms with Crippen LogP contribution in [-0.2, 0) is 7.05 Å². The normalized spacial score (nSPS) is 18.0. The van der Waals surface area contributed by atoms with Crippen LogP contribution in [0.1, 0.15) is 31.0 Å². The van der Waals surface area contributed by atoms with E-state index in [0.29, 0.717) is 0 Å². The lowest BCUT2D eigenvalue weighted by atomic mass is 10.1. The van der Waals surface area contributed by atoms with E-state index in [9.17, 15) is 0 Å². The summed E-state index contributed by atoms with van der Waals surface area (Å²) in [6.07, 6.45) is 6.00. The van der Waals surface area contributed by atoms with Crippen LogP contribution in [0.15, 0.2) is 18.3 Å². The number of aromatic nitrogens is 1. The van der Waals surface area contributed by atoms with Gasteiger partial charge in [-0.25, -0.2) is 0 Å². The van der Waals surface area contributed by atoms with Crippen LogP contribution in [0.4, 0.5) is 0 Å². The molecule has 1 heterocycles. The molecule has 0 saturated heterocycles. The Morgan fingerprint density at radius 2 is 2.31 bits per heavy atom. The SMILES string of the molecule is Cl.Cn1cccc1[C@H](N)CC1CC1. The fourth-order valence-electron chi connectivity index (χ4n) is 1.69. The van der Waals surface area contributed by atoms with E-state index in [0.717, 1.165) is 12.3 Å². The number of hydrogen-bond donors (Lipinski definition) is 1. The van der Waals surface area contributed by atoms with E-state index in [1.54, 1.807) is 0 Å². The maximum Gasteiger partial charge on any atom is 0.0452 e. The van der Waals surface area contributed by atoms with Gasteiger partial charge in [0.1, 0.15) is 0 Å². The molecular weight excluding hydrogens is 184 g/mol. The number of aryl methyl sites for hydroxylation is 1. The molecule has 13 heavy (non-hydrogen) atoms. The first-order chi connectivity index (χ1) is 5.77. The number of hydrogen-bond acceptors (Lipinski definition) is 1. The maximum atomic E-state index is 6.06. The van der Waals surface area contributed by atoms with Gasteiger partial charge in [0.25, 0.3) is 0 Å². The molecule has 1 aliphatic carbocycles. The van der Waals surface area contributed by atoms with Crippen molar-refractivity contribution in [2.45, 2.75) is 25.3 Å². The average molecular weight is 201 g/mol. The molecule has 0 aliphatic heterocycles. The molecule has 1 aliphatic rings. The minimum atomic E-state index is 0. The second kappa shape index (κ2) is 4.16. The van der Waals surface area contributed by atoms with Gasteiger partial charge in [0, 0.05) is 25.0 Å². The van der Waals surface area contributed by atoms with Gasteiger partial charge in [-0.3, -0.25) is 0 Å². The minimum absolute atomic E-state index is 0. The van der Waals surface area contributed by atoms with Crippen molar-refractivity contribution >= 4 is 12.4 Å². The van der Waals surface area contributed by atoms with Gasteiger partial charge in [0.2, 0.25) is 0 Å². The molecule has 1 atom stereocenters. The Labute approximate surface area is 85.5 Å². The first-order valence-corrected chi connectivity index (χ1v) is 4.64. The smallest absolute Gasteiger partial charge is 0.0452 e. The quantitative estimate of drug-likeness (QED) is 0.798. The highest BCUT2D eigenvalue weighted by Crippen LogP contribution is 2.36. The van der Waals surface area contributed by atoms with Crippen LogP contribution in [0.25, 0.3) is 0 Å². The first kappa shape index (κ1) is 10.6. The van der Waals surface area contributed by atoms with Crippen LogP contribution in [0.3, 0.4) is 0 Å². The second-order valence-corrected chi connectivity index (χ2v) is 3.83. The Bertz CT molecular complexity index is 266. The zero-order valence-corrected chi connectivity index (χ0v) is 8.76. The van der Waals surface area contributed by atoms with Crippen LogP contribution < -0.4 is 5.73 Å². The molecule has 74 valence electrons. The average Bonchev–Trinajstić information content (AvgIpc) is 2.72. The fourth-order valence-corrected chi connectivity index (χ4v) is 1.69. The molecular formula is C10H17ClN2. The van der Waals surface area contributed by atoms with Crippen molar-refractivity contribution in [2.75, 3.05) is 0 Å². The molecule has 1 aromatic heterocycles. The van der Waals surface area contributed by atoms with E-state index in [-0.39, 0.29) is 18.4 Å². The summed E-state index contributed by atoms with van der Waals surface area (Å²) in [5.74, 6) is 0.912. The predicted molar refractivity (Wildman–Crippen MR) is 56.9 cm³/mol. The van der Waals surface area contributed by atoms with Gasteiger partial charge in [-0.2, -0.15) is 0 Å². The molecule has 3 heteroatoms. The summed E-state index contributed by atoms with van der Waals surface area (Å²) >= 11 is 0. The Hall–Kier alpha value is -0.470. The first-order valence-electron chi connectivity index (χ1n) is 4.64. The predicted octanol–water partition coefficient (Wildman–Crippen LogP) is 2.25. The van der Waals surface area contributed by atoms with Crippen LogP contribution >= 0.6 is 12.4 Å². The van der Waals surface area contributed by atoms with Crippen molar-refractivity contribution in [3.05, 3.63) is 24.0 Å². The van der Waals surface area contributed by atoms with E-state index in [4.69, 9.17) is 5.73 Å². The summed E-state index contributed by atoms with van der Waals surface area (Å²) < 4.78 is 2.12. The highest BCUT2D eigenvalue weighted by Gasteiger charge is 2.25. The zero-order valence-electron chi connectivity index (χ0n) is 7.94. The van der Waals surface area contributed by atoms with Gasteiger partial charge in [-0.1, -0.05) is 12.8 Å². The highest BCUT2D eigenvalue weighted by atomic mass is 35.5. The Kier molecular flexibility index (Phi) is 3.40. The van der Waals surface area contributed by atoms with Crippen LogP contribution in [-0.4, -0.2) is 4.57 Å². The number of rotatable bonds is 3. The third-order valence-corrected chi connectivity index (χ3v) is 2.65. The topological polar surface area (TPSA) is 30.9 Å². The summed E-state index contributed by atoms with van der Waals surface area (Å²) in [6, 6.07) is 4.42. The molecule has 0 radical (unpaired) electrons. The van der Waals surface area contributed by atoms with E-state index in [1.807, 2.05) is 0 Å². The summed E-state index contributed by atoms with van der Waals surface area (Å²) in [4.78, 5) is 0. The standard InChI is InChI=1S/C10H16N2.ClH/c1-12-6-2-3-10(12)9(11)7-8-4-5-8;/h2-3,6,8-9H,4-5,7,11H2,1H3;1H/t9-;/m1./s1. The van der Waals surface area contributed by atoms with Crippen LogP contribution in [0, 0.1) is 5.92 Å². The zero-order chi connectivity index (χ0) is 8.55. The van der Waals surface area contributed by atoms with Gasteiger partial charge in [0.05, 0.1) is 0 Å². The van der Waals surface area contributed by atoms with Crippen LogP contribution in [0.5, 0.6) is 0 Å². The third kappa shape index (κ3) is 2.48. The van der Waals surface area contributed by atoms with Gasteiger partial charge < -0.3 is 10.3 Å². The lowest BCUT2D eigenvalue weighted by Gasteiger charge is -2.11. The van der Waals surface area contributed by atoms with E-state index >= 15 is 0 Å². The van der Waals surface area contributed by atoms with Crippen molar-refractivity contribution in [3.8, 4) is 0 Å². The van der Waals surface area contributed by atoms with Gasteiger partial charge >= 0.3 is 0 Å². The van der Waals surface area contributed by atoms with Crippen molar-refractivity contribution in [1.29, 1.82) is 0 Å². The minimum Gasteiger partial charge on any atom is -0.353 e. The molecule has 0 unspecified atom stereocenters. The Balaban J connectivity index is 0.000000845. The van der Waals surface area contributed by atoms with Crippen molar-refractivity contribution in [1.82, 2.24) is 4.57 Å².